The Morgan fingerprint density at radius 2 is 1.32 bits per heavy atom. The third kappa shape index (κ3) is 3.37. The van der Waals surface area contributed by atoms with Crippen molar-refractivity contribution in [3.05, 3.63) is 78.1 Å². The predicted molar refractivity (Wildman–Crippen MR) is 69.6 cm³/mol. The van der Waals surface area contributed by atoms with Gasteiger partial charge in [0.1, 0.15) is 6.04 Å². The van der Waals surface area contributed by atoms with Crippen LogP contribution in [0.1, 0.15) is 11.6 Å². The van der Waals surface area contributed by atoms with Crippen molar-refractivity contribution in [2.24, 2.45) is 0 Å². The average Bonchev–Trinajstić information content (AvgIpc) is 2.46. The lowest BCUT2D eigenvalue weighted by Gasteiger charge is -2.18. The van der Waals surface area contributed by atoms with Gasteiger partial charge in [0.2, 0.25) is 0 Å². The van der Waals surface area contributed by atoms with Crippen LogP contribution in [0.2, 0.25) is 0 Å². The summed E-state index contributed by atoms with van der Waals surface area (Å²) >= 11 is 0. The summed E-state index contributed by atoms with van der Waals surface area (Å²) in [5, 5.41) is 2.76. The van der Waals surface area contributed by atoms with Crippen LogP contribution in [-0.2, 0) is 0 Å². The Morgan fingerprint density at radius 3 is 1.84 bits per heavy atom. The molecule has 0 amide bonds. The molecule has 0 fully saturated rings. The van der Waals surface area contributed by atoms with Crippen molar-refractivity contribution in [2.45, 2.75) is 6.04 Å². The molecule has 1 atom stereocenters. The quantitative estimate of drug-likeness (QED) is 0.825. The summed E-state index contributed by atoms with van der Waals surface area (Å²) in [7, 11) is 0. The van der Waals surface area contributed by atoms with E-state index in [2.05, 4.69) is 5.32 Å². The van der Waals surface area contributed by atoms with Crippen molar-refractivity contribution in [3.8, 4) is 0 Å². The number of rotatable bonds is 4. The molecule has 19 heavy (non-hydrogen) atoms. The van der Waals surface area contributed by atoms with Gasteiger partial charge in [0.05, 0.1) is 0 Å². The lowest BCUT2D eigenvalue weighted by molar-refractivity contribution is 0.365. The van der Waals surface area contributed by atoms with Crippen LogP contribution in [0.5, 0.6) is 0 Å². The molecule has 2 aromatic rings. The first-order chi connectivity index (χ1) is 9.18. The summed E-state index contributed by atoms with van der Waals surface area (Å²) in [5.74, 6) is -1.46. The molecule has 0 saturated carbocycles. The normalized spacial score (nSPS) is 11.7. The maximum absolute atomic E-state index is 13.6. The fourth-order valence-corrected chi connectivity index (χ4v) is 1.75. The molecule has 98 valence electrons. The molecule has 0 heterocycles. The minimum atomic E-state index is -2.31. The van der Waals surface area contributed by atoms with E-state index in [1.165, 1.54) is 0 Å². The van der Waals surface area contributed by atoms with Crippen molar-refractivity contribution in [2.75, 3.05) is 5.32 Å². The van der Waals surface area contributed by atoms with E-state index in [1.54, 1.807) is 60.7 Å². The van der Waals surface area contributed by atoms with Crippen LogP contribution < -0.4 is 5.32 Å². The summed E-state index contributed by atoms with van der Waals surface area (Å²) in [6.07, 6.45) is -2.31. The zero-order valence-corrected chi connectivity index (χ0v) is 9.98. The van der Waals surface area contributed by atoms with E-state index >= 15 is 0 Å². The van der Waals surface area contributed by atoms with Gasteiger partial charge in [0, 0.05) is 5.69 Å². The third-order valence-electron chi connectivity index (χ3n) is 2.65. The van der Waals surface area contributed by atoms with Crippen molar-refractivity contribution >= 4 is 5.69 Å². The van der Waals surface area contributed by atoms with Gasteiger partial charge in [0.25, 0.3) is 0 Å². The summed E-state index contributed by atoms with van der Waals surface area (Å²) in [4.78, 5) is 0. The maximum Gasteiger partial charge on any atom is 0.304 e. The predicted octanol–water partition coefficient (Wildman–Crippen LogP) is 4.92. The van der Waals surface area contributed by atoms with Gasteiger partial charge in [-0.3, -0.25) is 0 Å². The molecule has 1 N–H and O–H groups in total. The molecule has 2 aromatic carbocycles. The van der Waals surface area contributed by atoms with Gasteiger partial charge in [-0.05, 0) is 17.7 Å². The minimum Gasteiger partial charge on any atom is -0.372 e. The van der Waals surface area contributed by atoms with Crippen LogP contribution in [0.4, 0.5) is 18.9 Å². The van der Waals surface area contributed by atoms with E-state index in [4.69, 9.17) is 0 Å². The number of anilines is 1. The Labute approximate surface area is 109 Å². The molecule has 1 unspecified atom stereocenters. The smallest absolute Gasteiger partial charge is 0.304 e. The highest BCUT2D eigenvalue weighted by atomic mass is 19.3. The molecule has 4 heteroatoms. The van der Waals surface area contributed by atoms with Gasteiger partial charge in [-0.25, -0.2) is 4.39 Å². The highest BCUT2D eigenvalue weighted by molar-refractivity contribution is 5.47. The first-order valence-corrected chi connectivity index (χ1v) is 5.75. The van der Waals surface area contributed by atoms with Gasteiger partial charge < -0.3 is 5.32 Å². The number of benzene rings is 2. The highest BCUT2D eigenvalue weighted by Gasteiger charge is 2.21. The number of nitrogens with one attached hydrogen (secondary N) is 1. The molecular formula is C15H12F3N. The number of halogens is 3. The Balaban J connectivity index is 2.34. The standard InChI is InChI=1S/C15H12F3N/c16-13(15(17)18)14(11-7-3-1-4-8-11)19-12-9-5-2-6-10-12/h1-10,14,19H. The molecule has 0 bridgehead atoms. The lowest BCUT2D eigenvalue weighted by Crippen LogP contribution is -2.12. The summed E-state index contributed by atoms with van der Waals surface area (Å²) in [6, 6.07) is 15.8. The van der Waals surface area contributed by atoms with Gasteiger partial charge in [-0.2, -0.15) is 8.78 Å². The molecule has 1 nitrogen and oxygen atoms in total. The van der Waals surface area contributed by atoms with Crippen molar-refractivity contribution < 1.29 is 13.2 Å². The minimum absolute atomic E-state index is 0.441. The van der Waals surface area contributed by atoms with Crippen LogP contribution in [-0.4, -0.2) is 0 Å². The Kier molecular flexibility index (Phi) is 4.23. The fraction of sp³-hybridized carbons (Fsp3) is 0.0667. The van der Waals surface area contributed by atoms with Gasteiger partial charge in [-0.15, -0.1) is 0 Å². The Bertz CT molecular complexity index is 548. The molecule has 0 aliphatic carbocycles. The van der Waals surface area contributed by atoms with Crippen LogP contribution in [0.3, 0.4) is 0 Å². The van der Waals surface area contributed by atoms with Crippen LogP contribution in [0.25, 0.3) is 0 Å². The first-order valence-electron chi connectivity index (χ1n) is 5.75. The lowest BCUT2D eigenvalue weighted by atomic mass is 10.1. The molecule has 0 saturated heterocycles. The topological polar surface area (TPSA) is 12.0 Å². The van der Waals surface area contributed by atoms with Gasteiger partial charge in [0.15, 0.2) is 5.83 Å². The third-order valence-corrected chi connectivity index (χ3v) is 2.65. The number of hydrogen-bond donors (Lipinski definition) is 1. The van der Waals surface area contributed by atoms with E-state index < -0.39 is 17.9 Å². The summed E-state index contributed by atoms with van der Waals surface area (Å²) < 4.78 is 38.7. The molecule has 0 aliphatic rings. The molecule has 0 spiro atoms. The van der Waals surface area contributed by atoms with E-state index in [-0.39, 0.29) is 0 Å². The first kappa shape index (κ1) is 13.2. The monoisotopic (exact) mass is 263 g/mol. The van der Waals surface area contributed by atoms with E-state index in [1.807, 2.05) is 0 Å². The SMILES string of the molecule is FC(F)=C(F)C(Nc1ccccc1)c1ccccc1. The van der Waals surface area contributed by atoms with Gasteiger partial charge >= 0.3 is 6.08 Å². The summed E-state index contributed by atoms with van der Waals surface area (Å²) in [5.41, 5.74) is 1.02. The second-order valence-corrected chi connectivity index (χ2v) is 3.96. The van der Waals surface area contributed by atoms with Crippen LogP contribution in [0, 0.1) is 0 Å². The molecule has 2 rings (SSSR count). The highest BCUT2D eigenvalue weighted by Crippen LogP contribution is 2.30. The largest absolute Gasteiger partial charge is 0.372 e. The van der Waals surface area contributed by atoms with Gasteiger partial charge in [-0.1, -0.05) is 48.5 Å². The molecule has 0 aromatic heterocycles. The molecular weight excluding hydrogens is 251 g/mol. The molecule has 0 aliphatic heterocycles. The fourth-order valence-electron chi connectivity index (χ4n) is 1.75. The zero-order chi connectivity index (χ0) is 13.7. The number of para-hydroxylation sites is 1. The van der Waals surface area contributed by atoms with E-state index in [0.717, 1.165) is 0 Å². The van der Waals surface area contributed by atoms with E-state index in [0.29, 0.717) is 11.3 Å². The Morgan fingerprint density at radius 1 is 0.789 bits per heavy atom. The Hall–Kier alpha value is -2.23. The average molecular weight is 263 g/mol. The van der Waals surface area contributed by atoms with Crippen molar-refractivity contribution in [1.82, 2.24) is 0 Å². The van der Waals surface area contributed by atoms with Crippen LogP contribution in [0.15, 0.2) is 72.6 Å². The number of hydrogen-bond acceptors (Lipinski definition) is 1. The maximum atomic E-state index is 13.6. The van der Waals surface area contributed by atoms with Crippen LogP contribution >= 0.6 is 0 Å². The zero-order valence-electron chi connectivity index (χ0n) is 9.98. The second-order valence-electron chi connectivity index (χ2n) is 3.96. The second kappa shape index (κ2) is 6.09. The molecule has 0 radical (unpaired) electrons. The van der Waals surface area contributed by atoms with E-state index in [9.17, 15) is 13.2 Å². The van der Waals surface area contributed by atoms with Crippen molar-refractivity contribution in [3.63, 3.8) is 0 Å². The van der Waals surface area contributed by atoms with Crippen molar-refractivity contribution in [1.29, 1.82) is 0 Å². The summed E-state index contributed by atoms with van der Waals surface area (Å²) in [6.45, 7) is 0.